The van der Waals surface area contributed by atoms with Gasteiger partial charge in [0, 0.05) is 50.4 Å². The predicted molar refractivity (Wildman–Crippen MR) is 135 cm³/mol. The van der Waals surface area contributed by atoms with Crippen molar-refractivity contribution >= 4 is 34.8 Å². The van der Waals surface area contributed by atoms with Crippen LogP contribution in [0.25, 0.3) is 10.6 Å². The van der Waals surface area contributed by atoms with E-state index in [2.05, 4.69) is 34.3 Å². The third-order valence-corrected chi connectivity index (χ3v) is 7.91. The molecule has 192 valence electrons. The van der Waals surface area contributed by atoms with Crippen LogP contribution in [0.1, 0.15) is 53.4 Å². The number of piperidine rings is 1. The number of hydrogen-bond donors (Lipinski definition) is 2. The molecule has 2 fully saturated rings. The fourth-order valence-corrected chi connectivity index (χ4v) is 5.52. The fourth-order valence-electron chi connectivity index (χ4n) is 4.53. The van der Waals surface area contributed by atoms with Gasteiger partial charge in [0.25, 0.3) is 11.8 Å². The largest absolute Gasteiger partial charge is 0.389 e. The lowest BCUT2D eigenvalue weighted by molar-refractivity contribution is 0.00511. The lowest BCUT2D eigenvalue weighted by atomic mass is 10.0. The molecule has 0 bridgehead atoms. The van der Waals surface area contributed by atoms with Gasteiger partial charge in [-0.25, -0.2) is 0 Å². The second-order valence-corrected chi connectivity index (χ2v) is 11.3. The van der Waals surface area contributed by atoms with Crippen molar-refractivity contribution < 1.29 is 19.2 Å². The molecule has 2 saturated heterocycles. The summed E-state index contributed by atoms with van der Waals surface area (Å²) in [6.07, 6.45) is 1.22. The number of aromatic nitrogens is 3. The van der Waals surface area contributed by atoms with E-state index in [1.807, 2.05) is 6.07 Å². The van der Waals surface area contributed by atoms with Crippen LogP contribution >= 0.6 is 22.9 Å². The van der Waals surface area contributed by atoms with E-state index in [4.69, 9.17) is 16.1 Å². The minimum atomic E-state index is -0.527. The Kier molecular flexibility index (Phi) is 7.16. The molecule has 0 spiro atoms. The summed E-state index contributed by atoms with van der Waals surface area (Å²) in [5, 5.41) is 21.3. The number of carbonyl (C=O) groups is 2. The second-order valence-electron chi connectivity index (χ2n) is 9.60. The summed E-state index contributed by atoms with van der Waals surface area (Å²) >= 11 is 7.40. The number of amides is 2. The van der Waals surface area contributed by atoms with Crippen molar-refractivity contribution in [2.75, 3.05) is 26.2 Å². The Morgan fingerprint density at radius 3 is 2.64 bits per heavy atom. The zero-order valence-electron chi connectivity index (χ0n) is 20.2. The van der Waals surface area contributed by atoms with E-state index < -0.39 is 6.10 Å². The smallest absolute Gasteiger partial charge is 0.272 e. The summed E-state index contributed by atoms with van der Waals surface area (Å²) in [6.45, 7) is 6.88. The van der Waals surface area contributed by atoms with E-state index in [0.29, 0.717) is 21.8 Å². The zero-order valence-corrected chi connectivity index (χ0v) is 21.8. The number of hydrogen-bond acceptors (Lipinski definition) is 8. The molecule has 0 atom stereocenters. The van der Waals surface area contributed by atoms with Crippen LogP contribution in [0.15, 0.2) is 28.8 Å². The molecule has 10 nitrogen and oxygen atoms in total. The first-order chi connectivity index (χ1) is 17.3. The molecule has 0 radical (unpaired) electrons. The van der Waals surface area contributed by atoms with E-state index in [1.54, 1.807) is 12.1 Å². The standard InChI is InChI=1S/C24H29ClN6O4S/c1-14(2)29-7-5-15(6-8-29)26-23(33)18-10-19(24(34)30-12-17(32)13-30)31(27-18)11-16-9-20(35-28-16)21-3-4-22(25)36-21/h3-4,9-10,14-15,17,32H,5-8,11-13H2,1-2H3,(H,26,33). The van der Waals surface area contributed by atoms with E-state index in [-0.39, 0.29) is 48.9 Å². The average Bonchev–Trinajstić information content (AvgIpc) is 3.57. The van der Waals surface area contributed by atoms with E-state index in [0.717, 1.165) is 30.8 Å². The molecule has 0 saturated carbocycles. The quantitative estimate of drug-likeness (QED) is 0.480. The number of aliphatic hydroxyl groups excluding tert-OH is 1. The van der Waals surface area contributed by atoms with Gasteiger partial charge in [0.05, 0.1) is 21.9 Å². The maximum atomic E-state index is 13.1. The molecule has 0 aliphatic carbocycles. The number of nitrogens with zero attached hydrogens (tertiary/aromatic N) is 5. The topological polar surface area (TPSA) is 117 Å². The number of likely N-dealkylation sites (tertiary alicyclic amines) is 2. The lowest BCUT2D eigenvalue weighted by Crippen LogP contribution is -2.53. The van der Waals surface area contributed by atoms with Crippen molar-refractivity contribution in [2.45, 2.75) is 51.4 Å². The summed E-state index contributed by atoms with van der Waals surface area (Å²) in [4.78, 5) is 30.9. The molecular weight excluding hydrogens is 504 g/mol. The fraction of sp³-hybridized carbons (Fsp3) is 0.500. The van der Waals surface area contributed by atoms with Crippen LogP contribution in [0.5, 0.6) is 0 Å². The van der Waals surface area contributed by atoms with Gasteiger partial charge in [-0.1, -0.05) is 16.8 Å². The normalized spacial score (nSPS) is 17.5. The third kappa shape index (κ3) is 5.34. The summed E-state index contributed by atoms with van der Waals surface area (Å²) < 4.78 is 7.58. The van der Waals surface area contributed by atoms with Crippen LogP contribution in [-0.2, 0) is 6.54 Å². The molecule has 2 N–H and O–H groups in total. The van der Waals surface area contributed by atoms with Crippen LogP contribution in [0.4, 0.5) is 0 Å². The number of aliphatic hydroxyl groups is 1. The van der Waals surface area contributed by atoms with Gasteiger partial charge in [0.1, 0.15) is 11.4 Å². The van der Waals surface area contributed by atoms with Gasteiger partial charge in [-0.05, 0) is 38.8 Å². The number of β-amino-alcohol motifs (C(OH)–C–C–N with tert-alkyl or cyclic N) is 1. The number of nitrogens with one attached hydrogen (secondary N) is 1. The average molecular weight is 533 g/mol. The van der Waals surface area contributed by atoms with Crippen LogP contribution < -0.4 is 5.32 Å². The van der Waals surface area contributed by atoms with Crippen LogP contribution in [0.3, 0.4) is 0 Å². The Morgan fingerprint density at radius 2 is 2.00 bits per heavy atom. The zero-order chi connectivity index (χ0) is 25.4. The van der Waals surface area contributed by atoms with Crippen molar-refractivity contribution in [3.05, 3.63) is 45.7 Å². The monoisotopic (exact) mass is 532 g/mol. The maximum Gasteiger partial charge on any atom is 0.272 e. The van der Waals surface area contributed by atoms with Gasteiger partial charge in [-0.3, -0.25) is 14.3 Å². The number of halogens is 1. The van der Waals surface area contributed by atoms with Crippen molar-refractivity contribution in [2.24, 2.45) is 0 Å². The minimum absolute atomic E-state index is 0.0676. The molecule has 2 aliphatic rings. The van der Waals surface area contributed by atoms with Gasteiger partial charge < -0.3 is 24.7 Å². The van der Waals surface area contributed by atoms with Crippen LogP contribution in [-0.4, -0.2) is 86.0 Å². The lowest BCUT2D eigenvalue weighted by Gasteiger charge is -2.35. The molecule has 5 heterocycles. The molecule has 3 aromatic heterocycles. The highest BCUT2D eigenvalue weighted by Crippen LogP contribution is 2.31. The molecule has 2 amide bonds. The molecule has 2 aliphatic heterocycles. The van der Waals surface area contributed by atoms with Crippen molar-refractivity contribution in [3.63, 3.8) is 0 Å². The number of carbonyl (C=O) groups excluding carboxylic acids is 2. The summed E-state index contributed by atoms with van der Waals surface area (Å²) in [5.74, 6) is -0.0205. The Hall–Kier alpha value is -2.73. The molecule has 12 heteroatoms. The highest BCUT2D eigenvalue weighted by molar-refractivity contribution is 7.19. The predicted octanol–water partition coefficient (Wildman–Crippen LogP) is 2.72. The van der Waals surface area contributed by atoms with Crippen molar-refractivity contribution in [3.8, 4) is 10.6 Å². The Balaban J connectivity index is 1.33. The van der Waals surface area contributed by atoms with Crippen molar-refractivity contribution in [1.29, 1.82) is 0 Å². The molecule has 0 unspecified atom stereocenters. The van der Waals surface area contributed by atoms with Gasteiger partial charge in [-0.2, -0.15) is 5.10 Å². The summed E-state index contributed by atoms with van der Waals surface area (Å²) in [7, 11) is 0. The number of rotatable bonds is 7. The van der Waals surface area contributed by atoms with Crippen LogP contribution in [0.2, 0.25) is 4.34 Å². The van der Waals surface area contributed by atoms with E-state index in [9.17, 15) is 14.7 Å². The van der Waals surface area contributed by atoms with Gasteiger partial charge >= 0.3 is 0 Å². The third-order valence-electron chi connectivity index (χ3n) is 6.66. The SMILES string of the molecule is CC(C)N1CCC(NC(=O)c2cc(C(=O)N3CC(O)C3)n(Cc3cc(-c4ccc(Cl)s4)on3)n2)CC1. The molecule has 3 aromatic rings. The van der Waals surface area contributed by atoms with Crippen molar-refractivity contribution in [1.82, 2.24) is 30.1 Å². The van der Waals surface area contributed by atoms with Gasteiger partial charge in [-0.15, -0.1) is 11.3 Å². The van der Waals surface area contributed by atoms with E-state index in [1.165, 1.54) is 27.0 Å². The van der Waals surface area contributed by atoms with Crippen LogP contribution in [0, 0.1) is 0 Å². The highest BCUT2D eigenvalue weighted by Gasteiger charge is 2.33. The van der Waals surface area contributed by atoms with E-state index >= 15 is 0 Å². The Labute approximate surface area is 217 Å². The first-order valence-electron chi connectivity index (χ1n) is 12.1. The first-order valence-corrected chi connectivity index (χ1v) is 13.3. The molecular formula is C24H29ClN6O4S. The highest BCUT2D eigenvalue weighted by atomic mass is 35.5. The molecule has 0 aromatic carbocycles. The summed E-state index contributed by atoms with van der Waals surface area (Å²) in [5.41, 5.74) is 1.01. The number of thiophene rings is 1. The molecule has 5 rings (SSSR count). The minimum Gasteiger partial charge on any atom is -0.389 e. The second kappa shape index (κ2) is 10.3. The molecule has 36 heavy (non-hydrogen) atoms. The maximum absolute atomic E-state index is 13.1. The first kappa shape index (κ1) is 24.9. The van der Waals surface area contributed by atoms with Gasteiger partial charge in [0.2, 0.25) is 0 Å². The van der Waals surface area contributed by atoms with Gasteiger partial charge in [0.15, 0.2) is 11.5 Å². The Morgan fingerprint density at radius 1 is 1.25 bits per heavy atom. The Bertz CT molecular complexity index is 1240. The summed E-state index contributed by atoms with van der Waals surface area (Å²) in [6, 6.07) is 7.48.